The zero-order valence-corrected chi connectivity index (χ0v) is 19.0. The van der Waals surface area contributed by atoms with Crippen LogP contribution in [-0.2, 0) is 0 Å². The van der Waals surface area contributed by atoms with Gasteiger partial charge in [0.1, 0.15) is 22.8 Å². The van der Waals surface area contributed by atoms with E-state index in [-0.39, 0.29) is 11.3 Å². The fraction of sp³-hybridized carbons (Fsp3) is 0.0741. The monoisotopic (exact) mass is 466 g/mol. The molecule has 0 unspecified atom stereocenters. The molecule has 0 atom stereocenters. The smallest absolute Gasteiger partial charge is 0.159 e. The predicted molar refractivity (Wildman–Crippen MR) is 134 cm³/mol. The van der Waals surface area contributed by atoms with Crippen LogP contribution >= 0.6 is 0 Å². The summed E-state index contributed by atoms with van der Waals surface area (Å²) in [6.45, 7) is 0. The Morgan fingerprint density at radius 1 is 0.829 bits per heavy atom. The number of fused-ring (bicyclic) bond motifs is 2. The number of imidazole rings is 1. The van der Waals surface area contributed by atoms with Crippen molar-refractivity contribution in [3.63, 3.8) is 0 Å². The first kappa shape index (κ1) is 21.0. The Balaban J connectivity index is 1.52. The molecule has 3 aromatic heterocycles. The number of rotatable bonds is 4. The fourth-order valence-electron chi connectivity index (χ4n) is 4.30. The van der Waals surface area contributed by atoms with Gasteiger partial charge in [-0.05, 0) is 35.9 Å². The molecule has 0 radical (unpaired) electrons. The third-order valence-corrected chi connectivity index (χ3v) is 6.10. The van der Waals surface area contributed by atoms with Gasteiger partial charge in [0.25, 0.3) is 0 Å². The molecule has 2 N–H and O–H groups in total. The first-order valence-corrected chi connectivity index (χ1v) is 11.0. The number of nitrogens with one attached hydrogen (secondary N) is 2. The minimum Gasteiger partial charge on any atom is -0.376 e. The van der Waals surface area contributed by atoms with Gasteiger partial charge in [0, 0.05) is 42.4 Å². The zero-order valence-electron chi connectivity index (χ0n) is 19.0. The molecule has 0 spiro atoms. The summed E-state index contributed by atoms with van der Waals surface area (Å²) in [6.07, 6.45) is 3.46. The van der Waals surface area contributed by atoms with Crippen LogP contribution in [-0.4, -0.2) is 39.2 Å². The van der Waals surface area contributed by atoms with E-state index in [9.17, 15) is 4.39 Å². The first-order chi connectivity index (χ1) is 17.0. The lowest BCUT2D eigenvalue weighted by molar-refractivity contribution is 0.631. The van der Waals surface area contributed by atoms with Gasteiger partial charge in [-0.1, -0.05) is 30.3 Å². The van der Waals surface area contributed by atoms with E-state index in [1.807, 2.05) is 49.3 Å². The summed E-state index contributed by atoms with van der Waals surface area (Å²) in [6, 6.07) is 17.4. The predicted octanol–water partition coefficient (Wildman–Crippen LogP) is 6.18. The second kappa shape index (κ2) is 8.02. The minimum atomic E-state index is -0.422. The van der Waals surface area contributed by atoms with Crippen LogP contribution in [0.1, 0.15) is 0 Å². The summed E-state index contributed by atoms with van der Waals surface area (Å²) < 4.78 is 29.6. The van der Waals surface area contributed by atoms with E-state index in [4.69, 9.17) is 4.98 Å². The van der Waals surface area contributed by atoms with Crippen molar-refractivity contribution in [2.75, 3.05) is 19.0 Å². The van der Waals surface area contributed by atoms with Crippen LogP contribution in [0.15, 0.2) is 73.1 Å². The summed E-state index contributed by atoms with van der Waals surface area (Å²) in [5.41, 5.74) is 5.62. The molecule has 6 rings (SSSR count). The molecule has 0 fully saturated rings. The number of hydrogen-bond acceptors (Lipinski definition) is 4. The highest BCUT2D eigenvalue weighted by atomic mass is 19.1. The maximum Gasteiger partial charge on any atom is 0.159 e. The average Bonchev–Trinajstić information content (AvgIpc) is 3.49. The normalized spacial score (nSPS) is 11.4. The number of para-hydroxylation sites is 1. The van der Waals surface area contributed by atoms with Crippen LogP contribution in [0, 0.1) is 11.6 Å². The van der Waals surface area contributed by atoms with Crippen molar-refractivity contribution in [1.29, 1.82) is 0 Å². The van der Waals surface area contributed by atoms with E-state index < -0.39 is 5.82 Å². The Morgan fingerprint density at radius 3 is 2.49 bits per heavy atom. The van der Waals surface area contributed by atoms with Crippen molar-refractivity contribution in [3.05, 3.63) is 84.7 Å². The molecule has 0 amide bonds. The number of nitrogens with zero attached hydrogens (tertiary/aromatic N) is 4. The lowest BCUT2D eigenvalue weighted by Crippen LogP contribution is -2.08. The van der Waals surface area contributed by atoms with E-state index in [1.165, 1.54) is 12.1 Å². The van der Waals surface area contributed by atoms with Gasteiger partial charge in [0.05, 0.1) is 22.9 Å². The second-order valence-electron chi connectivity index (χ2n) is 8.55. The summed E-state index contributed by atoms with van der Waals surface area (Å²) in [5.74, 6) is -0.281. The average molecular weight is 466 g/mol. The number of H-pyrrole nitrogens is 2. The highest BCUT2D eigenvalue weighted by Gasteiger charge is 2.19. The molecule has 172 valence electrons. The van der Waals surface area contributed by atoms with Crippen molar-refractivity contribution >= 4 is 27.6 Å². The van der Waals surface area contributed by atoms with Gasteiger partial charge in [-0.15, -0.1) is 0 Å². The van der Waals surface area contributed by atoms with Crippen molar-refractivity contribution in [2.24, 2.45) is 0 Å². The fourth-order valence-corrected chi connectivity index (χ4v) is 4.30. The molecule has 35 heavy (non-hydrogen) atoms. The molecule has 0 saturated heterocycles. The number of aromatic nitrogens is 5. The number of halogens is 2. The standard InChI is InChI=1S/C27H20F2N6/c1-35(2)17-10-16(13-30-14-17)15-11-20-24(22(29)12-15)33-34-26(20)27-31-23-9-5-7-19(25(23)32-27)18-6-3-4-8-21(18)28/h3-14H,1-2H3,(H,31,32)(H,33,34). The van der Waals surface area contributed by atoms with Crippen LogP contribution in [0.2, 0.25) is 0 Å². The van der Waals surface area contributed by atoms with E-state index >= 15 is 4.39 Å². The van der Waals surface area contributed by atoms with Gasteiger partial charge in [0.2, 0.25) is 0 Å². The van der Waals surface area contributed by atoms with Gasteiger partial charge in [-0.2, -0.15) is 5.10 Å². The highest BCUT2D eigenvalue weighted by Crippen LogP contribution is 2.35. The molecule has 3 aromatic carbocycles. The Labute approximate surface area is 199 Å². The molecule has 0 aliphatic carbocycles. The number of anilines is 1. The van der Waals surface area contributed by atoms with Crippen molar-refractivity contribution in [1.82, 2.24) is 25.1 Å². The maximum absolute atomic E-state index is 15.1. The molecular weight excluding hydrogens is 446 g/mol. The highest BCUT2D eigenvalue weighted by molar-refractivity contribution is 5.98. The Hall–Kier alpha value is -4.59. The van der Waals surface area contributed by atoms with Crippen LogP contribution in [0.25, 0.3) is 55.7 Å². The molecule has 0 aliphatic rings. The number of hydrogen-bond donors (Lipinski definition) is 2. The molecule has 8 heteroatoms. The van der Waals surface area contributed by atoms with Gasteiger partial charge in [0.15, 0.2) is 5.82 Å². The first-order valence-electron chi connectivity index (χ1n) is 11.0. The topological polar surface area (TPSA) is 73.5 Å². The number of benzene rings is 3. The number of pyridine rings is 1. The Kier molecular flexibility index (Phi) is 4.81. The van der Waals surface area contributed by atoms with E-state index in [2.05, 4.69) is 20.2 Å². The van der Waals surface area contributed by atoms with E-state index in [0.29, 0.717) is 39.1 Å². The molecule has 0 aliphatic heterocycles. The quantitative estimate of drug-likeness (QED) is 0.325. The molecule has 3 heterocycles. The molecule has 6 aromatic rings. The summed E-state index contributed by atoms with van der Waals surface area (Å²) in [7, 11) is 3.85. The summed E-state index contributed by atoms with van der Waals surface area (Å²) in [5, 5.41) is 7.74. The molecular formula is C27H20F2N6. The number of aromatic amines is 2. The molecule has 0 saturated carbocycles. The minimum absolute atomic E-state index is 0.287. The third kappa shape index (κ3) is 3.50. The van der Waals surface area contributed by atoms with Gasteiger partial charge < -0.3 is 9.88 Å². The zero-order chi connectivity index (χ0) is 24.1. The van der Waals surface area contributed by atoms with E-state index in [1.54, 1.807) is 30.6 Å². The van der Waals surface area contributed by atoms with Crippen molar-refractivity contribution < 1.29 is 8.78 Å². The van der Waals surface area contributed by atoms with Crippen LogP contribution in [0.5, 0.6) is 0 Å². The largest absolute Gasteiger partial charge is 0.376 e. The van der Waals surface area contributed by atoms with Gasteiger partial charge >= 0.3 is 0 Å². The summed E-state index contributed by atoms with van der Waals surface area (Å²) in [4.78, 5) is 14.2. The maximum atomic E-state index is 15.1. The molecule has 6 nitrogen and oxygen atoms in total. The third-order valence-electron chi connectivity index (χ3n) is 6.10. The molecule has 0 bridgehead atoms. The Bertz CT molecular complexity index is 1720. The van der Waals surface area contributed by atoms with Crippen LogP contribution in [0.4, 0.5) is 14.5 Å². The second-order valence-corrected chi connectivity index (χ2v) is 8.55. The van der Waals surface area contributed by atoms with Crippen LogP contribution < -0.4 is 4.90 Å². The Morgan fingerprint density at radius 2 is 1.66 bits per heavy atom. The van der Waals surface area contributed by atoms with Crippen LogP contribution in [0.3, 0.4) is 0 Å². The van der Waals surface area contributed by atoms with Gasteiger partial charge in [-0.3, -0.25) is 10.1 Å². The van der Waals surface area contributed by atoms with E-state index in [0.717, 1.165) is 16.8 Å². The van der Waals surface area contributed by atoms with Crippen molar-refractivity contribution in [2.45, 2.75) is 0 Å². The lowest BCUT2D eigenvalue weighted by atomic mass is 10.0. The summed E-state index contributed by atoms with van der Waals surface area (Å²) >= 11 is 0. The SMILES string of the molecule is CN(C)c1cncc(-c2cc(F)c3[nH]nc(-c4nc5c(-c6ccccc6F)cccc5[nH]4)c3c2)c1. The lowest BCUT2D eigenvalue weighted by Gasteiger charge is -2.13. The van der Waals surface area contributed by atoms with Gasteiger partial charge in [-0.25, -0.2) is 13.8 Å². The van der Waals surface area contributed by atoms with Crippen molar-refractivity contribution in [3.8, 4) is 33.8 Å².